The lowest BCUT2D eigenvalue weighted by atomic mass is 10.0. The van der Waals surface area contributed by atoms with Crippen molar-refractivity contribution in [3.05, 3.63) is 29.1 Å². The molecular weight excluding hydrogens is 219 g/mol. The zero-order valence-corrected chi connectivity index (χ0v) is 10.1. The van der Waals surface area contributed by atoms with Crippen LogP contribution in [-0.2, 0) is 0 Å². The molecule has 1 aromatic rings. The first-order chi connectivity index (χ1) is 8.11. The van der Waals surface area contributed by atoms with E-state index in [0.717, 1.165) is 5.56 Å². The van der Waals surface area contributed by atoms with Gasteiger partial charge in [0.1, 0.15) is 11.6 Å². The Balaban J connectivity index is 2.24. The molecule has 4 heteroatoms. The second kappa shape index (κ2) is 5.02. The van der Waals surface area contributed by atoms with Gasteiger partial charge in [-0.25, -0.2) is 4.39 Å². The number of nitrogens with two attached hydrogens (primary N) is 2. The number of halogens is 1. The van der Waals surface area contributed by atoms with Crippen molar-refractivity contribution in [2.45, 2.75) is 25.8 Å². The standard InChI is InChI=1S/C13H19FN2O/c1-8-4-10(14)5-11(12(16)6-15)13(8)17-7-9-2-3-9/h4-5,9,12H,2-3,6-7,15-16H2,1H3. The Bertz CT molecular complexity index is 405. The second-order valence-corrected chi connectivity index (χ2v) is 4.74. The van der Waals surface area contributed by atoms with Crippen LogP contribution in [0.4, 0.5) is 4.39 Å². The molecule has 1 saturated carbocycles. The molecular formula is C13H19FN2O. The predicted molar refractivity (Wildman–Crippen MR) is 65.3 cm³/mol. The van der Waals surface area contributed by atoms with Crippen LogP contribution >= 0.6 is 0 Å². The van der Waals surface area contributed by atoms with Crippen molar-refractivity contribution in [3.8, 4) is 5.75 Å². The van der Waals surface area contributed by atoms with Crippen molar-refractivity contribution >= 4 is 0 Å². The van der Waals surface area contributed by atoms with Gasteiger partial charge in [-0.15, -0.1) is 0 Å². The maximum Gasteiger partial charge on any atom is 0.127 e. The molecule has 4 N–H and O–H groups in total. The van der Waals surface area contributed by atoms with E-state index in [4.69, 9.17) is 16.2 Å². The topological polar surface area (TPSA) is 61.3 Å². The Labute approximate surface area is 101 Å². The van der Waals surface area contributed by atoms with Crippen molar-refractivity contribution in [3.63, 3.8) is 0 Å². The fourth-order valence-corrected chi connectivity index (χ4v) is 1.84. The summed E-state index contributed by atoms with van der Waals surface area (Å²) in [7, 11) is 0. The summed E-state index contributed by atoms with van der Waals surface area (Å²) in [5.74, 6) is 1.07. The molecule has 1 unspecified atom stereocenters. The SMILES string of the molecule is Cc1cc(F)cc(C(N)CN)c1OCC1CC1. The van der Waals surface area contributed by atoms with Gasteiger partial charge in [0.05, 0.1) is 6.61 Å². The van der Waals surface area contributed by atoms with Crippen LogP contribution in [0, 0.1) is 18.7 Å². The van der Waals surface area contributed by atoms with Crippen LogP contribution in [-0.4, -0.2) is 13.2 Å². The summed E-state index contributed by atoms with van der Waals surface area (Å²) in [6.45, 7) is 2.80. The van der Waals surface area contributed by atoms with Gasteiger partial charge >= 0.3 is 0 Å². The summed E-state index contributed by atoms with van der Waals surface area (Å²) >= 11 is 0. The fraction of sp³-hybridized carbons (Fsp3) is 0.538. The number of benzene rings is 1. The normalized spacial score (nSPS) is 16.9. The highest BCUT2D eigenvalue weighted by Crippen LogP contribution is 2.33. The minimum absolute atomic E-state index is 0.280. The summed E-state index contributed by atoms with van der Waals surface area (Å²) in [5.41, 5.74) is 12.9. The fourth-order valence-electron chi connectivity index (χ4n) is 1.84. The van der Waals surface area contributed by atoms with Gasteiger partial charge in [-0.05, 0) is 43.4 Å². The number of rotatable bonds is 5. The highest BCUT2D eigenvalue weighted by Gasteiger charge is 2.23. The van der Waals surface area contributed by atoms with Crippen LogP contribution in [0.3, 0.4) is 0 Å². The van der Waals surface area contributed by atoms with Crippen LogP contribution in [0.25, 0.3) is 0 Å². The minimum atomic E-state index is -0.376. The molecule has 1 aliphatic carbocycles. The van der Waals surface area contributed by atoms with Gasteiger partial charge in [0, 0.05) is 18.2 Å². The molecule has 0 amide bonds. The van der Waals surface area contributed by atoms with Crippen LogP contribution < -0.4 is 16.2 Å². The van der Waals surface area contributed by atoms with Crippen molar-refractivity contribution in [1.82, 2.24) is 0 Å². The third-order valence-corrected chi connectivity index (χ3v) is 3.08. The average molecular weight is 238 g/mol. The third kappa shape index (κ3) is 2.96. The summed E-state index contributed by atoms with van der Waals surface area (Å²) in [5, 5.41) is 0. The molecule has 17 heavy (non-hydrogen) atoms. The van der Waals surface area contributed by atoms with Crippen LogP contribution in [0.15, 0.2) is 12.1 Å². The first kappa shape index (κ1) is 12.3. The van der Waals surface area contributed by atoms with Gasteiger partial charge in [-0.1, -0.05) is 0 Å². The quantitative estimate of drug-likeness (QED) is 0.823. The molecule has 2 rings (SSSR count). The Kier molecular flexibility index (Phi) is 3.64. The van der Waals surface area contributed by atoms with Gasteiger partial charge in [0.2, 0.25) is 0 Å². The molecule has 0 aromatic heterocycles. The summed E-state index contributed by atoms with van der Waals surface area (Å²) in [6, 6.07) is 2.51. The molecule has 0 aliphatic heterocycles. The third-order valence-electron chi connectivity index (χ3n) is 3.08. The van der Waals surface area contributed by atoms with Gasteiger partial charge in [0.25, 0.3) is 0 Å². The van der Waals surface area contributed by atoms with Gasteiger partial charge in [-0.2, -0.15) is 0 Å². The van der Waals surface area contributed by atoms with Crippen LogP contribution in [0.2, 0.25) is 0 Å². The Morgan fingerprint density at radius 2 is 2.18 bits per heavy atom. The van der Waals surface area contributed by atoms with E-state index < -0.39 is 0 Å². The van der Waals surface area contributed by atoms with E-state index in [2.05, 4.69) is 0 Å². The largest absolute Gasteiger partial charge is 0.493 e. The maximum absolute atomic E-state index is 13.4. The van der Waals surface area contributed by atoms with E-state index in [0.29, 0.717) is 23.8 Å². The second-order valence-electron chi connectivity index (χ2n) is 4.74. The summed E-state index contributed by atoms with van der Waals surface area (Å²) < 4.78 is 19.1. The first-order valence-electron chi connectivity index (χ1n) is 6.00. The highest BCUT2D eigenvalue weighted by molar-refractivity contribution is 5.43. The lowest BCUT2D eigenvalue weighted by Crippen LogP contribution is -2.22. The summed E-state index contributed by atoms with van der Waals surface area (Å²) in [6.07, 6.45) is 2.44. The van der Waals surface area contributed by atoms with E-state index in [9.17, 15) is 4.39 Å². The zero-order valence-electron chi connectivity index (χ0n) is 10.1. The molecule has 1 aromatic carbocycles. The Morgan fingerprint density at radius 3 is 2.76 bits per heavy atom. The van der Waals surface area contributed by atoms with Crippen LogP contribution in [0.1, 0.15) is 30.0 Å². The molecule has 0 radical (unpaired) electrons. The molecule has 1 atom stereocenters. The van der Waals surface area contributed by atoms with Gasteiger partial charge in [0.15, 0.2) is 0 Å². The average Bonchev–Trinajstić information content (AvgIpc) is 3.09. The van der Waals surface area contributed by atoms with E-state index in [1.807, 2.05) is 6.92 Å². The monoisotopic (exact) mass is 238 g/mol. The Hall–Kier alpha value is -1.13. The molecule has 0 heterocycles. The zero-order chi connectivity index (χ0) is 12.4. The molecule has 3 nitrogen and oxygen atoms in total. The number of aryl methyl sites for hydroxylation is 1. The van der Waals surface area contributed by atoms with Gasteiger partial charge in [-0.3, -0.25) is 0 Å². The molecule has 0 bridgehead atoms. The van der Waals surface area contributed by atoms with Crippen molar-refractivity contribution < 1.29 is 9.13 Å². The number of ether oxygens (including phenoxy) is 1. The van der Waals surface area contributed by atoms with E-state index in [1.165, 1.54) is 25.0 Å². The van der Waals surface area contributed by atoms with Crippen molar-refractivity contribution in [2.24, 2.45) is 17.4 Å². The lowest BCUT2D eigenvalue weighted by molar-refractivity contribution is 0.292. The molecule has 94 valence electrons. The first-order valence-corrected chi connectivity index (χ1v) is 6.00. The van der Waals surface area contributed by atoms with Crippen LogP contribution in [0.5, 0.6) is 5.75 Å². The van der Waals surface area contributed by atoms with Crippen molar-refractivity contribution in [2.75, 3.05) is 13.2 Å². The highest BCUT2D eigenvalue weighted by atomic mass is 19.1. The lowest BCUT2D eigenvalue weighted by Gasteiger charge is -2.18. The minimum Gasteiger partial charge on any atom is -0.493 e. The summed E-state index contributed by atoms with van der Waals surface area (Å²) in [4.78, 5) is 0. The molecule has 0 spiro atoms. The van der Waals surface area contributed by atoms with E-state index in [1.54, 1.807) is 0 Å². The smallest absolute Gasteiger partial charge is 0.127 e. The number of hydrogen-bond acceptors (Lipinski definition) is 3. The van der Waals surface area contributed by atoms with E-state index in [-0.39, 0.29) is 18.4 Å². The molecule has 1 aliphatic rings. The maximum atomic E-state index is 13.4. The predicted octanol–water partition coefficient (Wildman–Crippen LogP) is 1.88. The number of hydrogen-bond donors (Lipinski definition) is 2. The Morgan fingerprint density at radius 1 is 1.47 bits per heavy atom. The van der Waals surface area contributed by atoms with Crippen molar-refractivity contribution in [1.29, 1.82) is 0 Å². The molecule has 0 saturated heterocycles. The molecule has 1 fully saturated rings. The van der Waals surface area contributed by atoms with E-state index >= 15 is 0 Å². The van der Waals surface area contributed by atoms with Gasteiger partial charge < -0.3 is 16.2 Å².